The number of rotatable bonds is 14. The van der Waals surface area contributed by atoms with Gasteiger partial charge in [0.2, 0.25) is 23.5 Å². The molecule has 0 saturated carbocycles. The fourth-order valence-corrected chi connectivity index (χ4v) is 4.97. The Morgan fingerprint density at radius 3 is 2.02 bits per heavy atom. The molecule has 9 heteroatoms. The van der Waals surface area contributed by atoms with E-state index in [-0.39, 0.29) is 24.3 Å². The number of methoxy groups -OCH3 is 3. The Bertz CT molecular complexity index is 1140. The molecule has 218 valence electrons. The second-order valence-corrected chi connectivity index (χ2v) is 10.1. The molecule has 2 aromatic carbocycles. The number of carbonyl (C=O) groups excluding carboxylic acids is 3. The highest BCUT2D eigenvalue weighted by atomic mass is 16.5. The van der Waals surface area contributed by atoms with Crippen LogP contribution in [0.1, 0.15) is 52.0 Å². The van der Waals surface area contributed by atoms with Crippen LogP contribution >= 0.6 is 0 Å². The van der Waals surface area contributed by atoms with Crippen molar-refractivity contribution >= 4 is 17.7 Å². The Balaban J connectivity index is 1.85. The smallest absolute Gasteiger partial charge is 0.246 e. The highest BCUT2D eigenvalue weighted by Gasteiger charge is 2.44. The van der Waals surface area contributed by atoms with Crippen molar-refractivity contribution in [1.82, 2.24) is 15.1 Å². The predicted molar refractivity (Wildman–Crippen MR) is 155 cm³/mol. The van der Waals surface area contributed by atoms with Gasteiger partial charge in [-0.3, -0.25) is 14.4 Å². The van der Waals surface area contributed by atoms with Gasteiger partial charge in [0.05, 0.1) is 21.3 Å². The molecule has 40 heavy (non-hydrogen) atoms. The molecule has 1 heterocycles. The average molecular weight is 554 g/mol. The lowest BCUT2D eigenvalue weighted by Crippen LogP contribution is -2.65. The highest BCUT2D eigenvalue weighted by Crippen LogP contribution is 2.41. The molecule has 2 atom stereocenters. The number of carbonyl (C=O) groups is 3. The van der Waals surface area contributed by atoms with E-state index < -0.39 is 12.1 Å². The third-order valence-electron chi connectivity index (χ3n) is 7.35. The summed E-state index contributed by atoms with van der Waals surface area (Å²) >= 11 is 0. The van der Waals surface area contributed by atoms with Gasteiger partial charge in [-0.2, -0.15) is 0 Å². The minimum Gasteiger partial charge on any atom is -0.493 e. The third-order valence-corrected chi connectivity index (χ3v) is 7.35. The van der Waals surface area contributed by atoms with Crippen molar-refractivity contribution < 1.29 is 28.6 Å². The Hall–Kier alpha value is -3.75. The Kier molecular flexibility index (Phi) is 11.2. The van der Waals surface area contributed by atoms with Gasteiger partial charge in [0, 0.05) is 19.5 Å². The van der Waals surface area contributed by atoms with E-state index in [0.717, 1.165) is 42.4 Å². The van der Waals surface area contributed by atoms with E-state index >= 15 is 0 Å². The van der Waals surface area contributed by atoms with Gasteiger partial charge in [0.15, 0.2) is 11.5 Å². The van der Waals surface area contributed by atoms with E-state index in [0.29, 0.717) is 36.8 Å². The van der Waals surface area contributed by atoms with Gasteiger partial charge in [-0.05, 0) is 48.6 Å². The van der Waals surface area contributed by atoms with Crippen LogP contribution in [0.3, 0.4) is 0 Å². The normalized spacial score (nSPS) is 17.1. The Labute approximate surface area is 237 Å². The predicted octanol–water partition coefficient (Wildman–Crippen LogP) is 4.07. The molecule has 3 amide bonds. The average Bonchev–Trinajstić information content (AvgIpc) is 2.97. The highest BCUT2D eigenvalue weighted by molar-refractivity contribution is 5.99. The molecule has 0 bridgehead atoms. The van der Waals surface area contributed by atoms with Crippen LogP contribution in [0.25, 0.3) is 11.1 Å². The number of benzene rings is 2. The number of nitrogens with one attached hydrogen (secondary N) is 1. The Morgan fingerprint density at radius 2 is 1.48 bits per heavy atom. The molecular formula is C31H43N3O6. The van der Waals surface area contributed by atoms with Crippen molar-refractivity contribution in [2.75, 3.05) is 41.0 Å². The summed E-state index contributed by atoms with van der Waals surface area (Å²) in [5.74, 6) is 1.10. The summed E-state index contributed by atoms with van der Waals surface area (Å²) in [7, 11) is 4.72. The number of ether oxygens (including phenoxy) is 3. The first kappa shape index (κ1) is 30.8. The van der Waals surface area contributed by atoms with Gasteiger partial charge in [-0.1, -0.05) is 51.0 Å². The molecule has 1 N–H and O–H groups in total. The van der Waals surface area contributed by atoms with Gasteiger partial charge in [0.1, 0.15) is 18.6 Å². The zero-order valence-electron chi connectivity index (χ0n) is 24.6. The second kappa shape index (κ2) is 14.6. The van der Waals surface area contributed by atoms with Crippen LogP contribution in [0, 0.1) is 0 Å². The summed E-state index contributed by atoms with van der Waals surface area (Å²) in [4.78, 5) is 42.8. The standard InChI is InChI=1S/C31H43N3O6/c1-7-9-15-32-28(35)20-34-21(3)30(36)33(16-10-8-2)25(31(34)37)17-22-11-13-23(14-12-22)24-18-26(38-4)29(40-6)27(19-24)39-5/h11-14,18-19,21,25H,7-10,15-17,20H2,1-6H3,(H,32,35). The molecule has 2 aromatic rings. The van der Waals surface area contributed by atoms with Gasteiger partial charge in [-0.15, -0.1) is 0 Å². The maximum absolute atomic E-state index is 13.7. The van der Waals surface area contributed by atoms with E-state index in [4.69, 9.17) is 14.2 Å². The van der Waals surface area contributed by atoms with Gasteiger partial charge < -0.3 is 29.3 Å². The lowest BCUT2D eigenvalue weighted by Gasteiger charge is -2.44. The maximum Gasteiger partial charge on any atom is 0.246 e. The van der Waals surface area contributed by atoms with Crippen LogP contribution in [0.15, 0.2) is 36.4 Å². The number of hydrogen-bond donors (Lipinski definition) is 1. The number of nitrogens with zero attached hydrogens (tertiary/aromatic N) is 2. The first-order valence-corrected chi connectivity index (χ1v) is 14.1. The van der Waals surface area contributed by atoms with Crippen molar-refractivity contribution in [3.63, 3.8) is 0 Å². The van der Waals surface area contributed by atoms with Gasteiger partial charge in [-0.25, -0.2) is 0 Å². The molecule has 3 rings (SSSR count). The van der Waals surface area contributed by atoms with Crippen molar-refractivity contribution in [1.29, 1.82) is 0 Å². The van der Waals surface area contributed by atoms with E-state index in [2.05, 4.69) is 12.2 Å². The molecule has 0 aromatic heterocycles. The summed E-state index contributed by atoms with van der Waals surface area (Å²) in [6.07, 6.45) is 3.91. The number of piperazine rings is 1. The lowest BCUT2D eigenvalue weighted by molar-refractivity contribution is -0.162. The topological polar surface area (TPSA) is 97.4 Å². The fraction of sp³-hybridized carbons (Fsp3) is 0.516. The first-order chi connectivity index (χ1) is 19.3. The summed E-state index contributed by atoms with van der Waals surface area (Å²) in [6, 6.07) is 10.3. The summed E-state index contributed by atoms with van der Waals surface area (Å²) < 4.78 is 16.4. The number of amides is 3. The van der Waals surface area contributed by atoms with Crippen LogP contribution < -0.4 is 19.5 Å². The van der Waals surface area contributed by atoms with Gasteiger partial charge in [0.25, 0.3) is 0 Å². The summed E-state index contributed by atoms with van der Waals surface area (Å²) in [6.45, 7) is 6.77. The van der Waals surface area contributed by atoms with Crippen molar-refractivity contribution in [2.45, 2.75) is 65.0 Å². The molecule has 0 spiro atoms. The molecular weight excluding hydrogens is 510 g/mol. The molecule has 0 radical (unpaired) electrons. The van der Waals surface area contributed by atoms with E-state index in [1.54, 1.807) is 33.2 Å². The minimum absolute atomic E-state index is 0.117. The fourth-order valence-electron chi connectivity index (χ4n) is 4.97. The quantitative estimate of drug-likeness (QED) is 0.355. The van der Waals surface area contributed by atoms with Gasteiger partial charge >= 0.3 is 0 Å². The van der Waals surface area contributed by atoms with E-state index in [1.807, 2.05) is 43.3 Å². The number of hydrogen-bond acceptors (Lipinski definition) is 6. The monoisotopic (exact) mass is 553 g/mol. The SMILES string of the molecule is CCCCNC(=O)CN1C(=O)C(Cc2ccc(-c3cc(OC)c(OC)c(OC)c3)cc2)N(CCCC)C(=O)C1C. The molecule has 1 fully saturated rings. The van der Waals surface area contributed by atoms with Crippen LogP contribution in [-0.4, -0.2) is 80.6 Å². The third kappa shape index (κ3) is 7.06. The van der Waals surface area contributed by atoms with Crippen LogP contribution in [-0.2, 0) is 20.8 Å². The lowest BCUT2D eigenvalue weighted by atomic mass is 9.96. The molecule has 1 aliphatic heterocycles. The molecule has 1 aliphatic rings. The maximum atomic E-state index is 13.7. The molecule has 9 nitrogen and oxygen atoms in total. The largest absolute Gasteiger partial charge is 0.493 e. The molecule has 1 saturated heterocycles. The van der Waals surface area contributed by atoms with E-state index in [9.17, 15) is 14.4 Å². The summed E-state index contributed by atoms with van der Waals surface area (Å²) in [5.41, 5.74) is 2.75. The van der Waals surface area contributed by atoms with Crippen LogP contribution in [0.4, 0.5) is 0 Å². The molecule has 2 unspecified atom stereocenters. The van der Waals surface area contributed by atoms with Crippen LogP contribution in [0.2, 0.25) is 0 Å². The minimum atomic E-state index is -0.681. The molecule has 0 aliphatic carbocycles. The first-order valence-electron chi connectivity index (χ1n) is 14.1. The second-order valence-electron chi connectivity index (χ2n) is 10.1. The van der Waals surface area contributed by atoms with Crippen molar-refractivity contribution in [3.05, 3.63) is 42.0 Å². The zero-order chi connectivity index (χ0) is 29.2. The summed E-state index contributed by atoms with van der Waals surface area (Å²) in [5, 5.41) is 2.86. The van der Waals surface area contributed by atoms with Crippen LogP contribution in [0.5, 0.6) is 17.2 Å². The Morgan fingerprint density at radius 1 is 0.850 bits per heavy atom. The van der Waals surface area contributed by atoms with Crippen molar-refractivity contribution in [2.24, 2.45) is 0 Å². The number of unbranched alkanes of at least 4 members (excludes halogenated alkanes) is 2. The van der Waals surface area contributed by atoms with Crippen molar-refractivity contribution in [3.8, 4) is 28.4 Å². The zero-order valence-corrected chi connectivity index (χ0v) is 24.6. The van der Waals surface area contributed by atoms with E-state index in [1.165, 1.54) is 4.90 Å².